The van der Waals surface area contributed by atoms with E-state index in [1.54, 1.807) is 6.07 Å². The molecule has 6 rings (SSSR count). The second-order valence-electron chi connectivity index (χ2n) is 10.4. The third-order valence-electron chi connectivity index (χ3n) is 7.58. The summed E-state index contributed by atoms with van der Waals surface area (Å²) in [5, 5.41) is 1.71. The molecule has 202 valence electrons. The second-order valence-corrected chi connectivity index (χ2v) is 12.2. The van der Waals surface area contributed by atoms with Crippen LogP contribution in [0.2, 0.25) is 0 Å². The first-order valence-electron chi connectivity index (χ1n) is 12.8. The van der Waals surface area contributed by atoms with Crippen LogP contribution in [-0.2, 0) is 23.1 Å². The van der Waals surface area contributed by atoms with E-state index in [0.29, 0.717) is 17.6 Å². The minimum atomic E-state index is -3.35. The van der Waals surface area contributed by atoms with Gasteiger partial charge < -0.3 is 15.6 Å². The normalized spacial score (nSPS) is 13.4. The number of rotatable bonds is 6. The average molecular weight is 553 g/mol. The van der Waals surface area contributed by atoms with Gasteiger partial charge in [0, 0.05) is 34.1 Å². The maximum absolute atomic E-state index is 13.4. The Morgan fingerprint density at radius 3 is 2.55 bits per heavy atom. The van der Waals surface area contributed by atoms with Crippen molar-refractivity contribution in [2.75, 3.05) is 11.2 Å². The number of amides is 2. The zero-order chi connectivity index (χ0) is 28.3. The Bertz CT molecular complexity index is 1990. The lowest BCUT2D eigenvalue weighted by atomic mass is 9.93. The molecule has 2 heterocycles. The first-order valence-corrected chi connectivity index (χ1v) is 14.7. The number of aromatic amines is 1. The molecule has 8 nitrogen and oxygen atoms in total. The summed E-state index contributed by atoms with van der Waals surface area (Å²) in [6.07, 6.45) is 1.12. The summed E-state index contributed by atoms with van der Waals surface area (Å²) in [5.41, 5.74) is 14.6. The first-order chi connectivity index (χ1) is 19.0. The second kappa shape index (κ2) is 9.32. The minimum absolute atomic E-state index is 0.0181. The molecule has 1 aliphatic heterocycles. The molecule has 0 atom stereocenters. The number of primary amides is 1. The molecule has 1 aromatic heterocycles. The quantitative estimate of drug-likeness (QED) is 0.277. The molecule has 2 amide bonds. The predicted octanol–water partition coefficient (Wildman–Crippen LogP) is 4.91. The number of aryl methyl sites for hydroxylation is 1. The van der Waals surface area contributed by atoms with Gasteiger partial charge in [-0.05, 0) is 65.9 Å². The maximum Gasteiger partial charge on any atom is 0.258 e. The molecule has 0 aliphatic carbocycles. The molecule has 0 bridgehead atoms. The fourth-order valence-electron chi connectivity index (χ4n) is 5.63. The third-order valence-corrected chi connectivity index (χ3v) is 8.25. The number of nitrogens with two attached hydrogens (primary N) is 1. The van der Waals surface area contributed by atoms with Crippen LogP contribution in [0.15, 0.2) is 66.7 Å². The smallest absolute Gasteiger partial charge is 0.258 e. The number of aromatic nitrogens is 1. The van der Waals surface area contributed by atoms with Crippen molar-refractivity contribution in [3.05, 3.63) is 100 Å². The van der Waals surface area contributed by atoms with Crippen LogP contribution in [0.1, 0.15) is 43.0 Å². The zero-order valence-corrected chi connectivity index (χ0v) is 23.1. The molecule has 40 heavy (non-hydrogen) atoms. The zero-order valence-electron chi connectivity index (χ0n) is 22.3. The van der Waals surface area contributed by atoms with Crippen molar-refractivity contribution >= 4 is 49.3 Å². The number of fused-ring (bicyclic) bond motifs is 4. The minimum Gasteiger partial charge on any atom is -0.366 e. The number of nitrogens with zero attached hydrogens (tertiary/aromatic N) is 1. The maximum atomic E-state index is 13.4. The number of sulfonamides is 1. The van der Waals surface area contributed by atoms with Gasteiger partial charge in [-0.1, -0.05) is 48.0 Å². The summed E-state index contributed by atoms with van der Waals surface area (Å²) in [6, 6.07) is 21.1. The molecule has 4 aromatic carbocycles. The Labute approximate surface area is 231 Å². The number of benzene rings is 4. The van der Waals surface area contributed by atoms with Crippen LogP contribution in [0.5, 0.6) is 0 Å². The van der Waals surface area contributed by atoms with Crippen molar-refractivity contribution in [2.45, 2.75) is 26.9 Å². The highest BCUT2D eigenvalue weighted by atomic mass is 32.2. The van der Waals surface area contributed by atoms with E-state index in [-0.39, 0.29) is 12.5 Å². The molecule has 4 N–H and O–H groups in total. The van der Waals surface area contributed by atoms with Gasteiger partial charge in [0.05, 0.1) is 23.9 Å². The molecular weight excluding hydrogens is 524 g/mol. The van der Waals surface area contributed by atoms with Gasteiger partial charge in [-0.15, -0.1) is 0 Å². The van der Waals surface area contributed by atoms with Gasteiger partial charge in [0.25, 0.3) is 11.8 Å². The van der Waals surface area contributed by atoms with Gasteiger partial charge in [-0.2, -0.15) is 0 Å². The molecule has 0 radical (unpaired) electrons. The SMILES string of the molecule is Cc1ccc2c(c1)C(=O)N(c1cccc(-c3ccc(C(N)=O)c4[nH]c5cc(CNS(C)(=O)=O)ccc5c34)c1C)C2. The summed E-state index contributed by atoms with van der Waals surface area (Å²) in [7, 11) is -3.35. The molecule has 0 unspecified atom stereocenters. The van der Waals surface area contributed by atoms with Gasteiger partial charge >= 0.3 is 0 Å². The molecule has 5 aromatic rings. The van der Waals surface area contributed by atoms with Gasteiger partial charge in [-0.3, -0.25) is 9.59 Å². The molecule has 0 fully saturated rings. The van der Waals surface area contributed by atoms with Crippen LogP contribution in [0, 0.1) is 13.8 Å². The standard InChI is InChI=1S/C31H28N4O4S/c1-17-7-9-20-16-35(31(37)25(20)13-17)27-6-4-5-21(18(27)2)22-11-12-24(30(32)36)29-28(22)23-10-8-19(14-26(23)34-29)15-33-40(3,38)39/h4-14,33-34H,15-16H2,1-3H3,(H2,32,36). The molecule has 9 heteroatoms. The highest BCUT2D eigenvalue weighted by Gasteiger charge is 2.30. The Kier molecular flexibility index (Phi) is 6.01. The van der Waals surface area contributed by atoms with Crippen molar-refractivity contribution < 1.29 is 18.0 Å². The first kappa shape index (κ1) is 25.8. The molecule has 0 spiro atoms. The fourth-order valence-corrected chi connectivity index (χ4v) is 6.06. The van der Waals surface area contributed by atoms with Gasteiger partial charge in [0.1, 0.15) is 0 Å². The Morgan fingerprint density at radius 1 is 1.00 bits per heavy atom. The van der Waals surface area contributed by atoms with Crippen molar-refractivity contribution in [3.63, 3.8) is 0 Å². The number of hydrogen-bond acceptors (Lipinski definition) is 4. The lowest BCUT2D eigenvalue weighted by Crippen LogP contribution is -2.24. The van der Waals surface area contributed by atoms with Crippen molar-refractivity contribution in [2.24, 2.45) is 5.73 Å². The Morgan fingerprint density at radius 2 is 1.80 bits per heavy atom. The van der Waals surface area contributed by atoms with Crippen molar-refractivity contribution in [3.8, 4) is 11.1 Å². The van der Waals surface area contributed by atoms with Crippen LogP contribution in [0.4, 0.5) is 5.69 Å². The van der Waals surface area contributed by atoms with E-state index in [9.17, 15) is 18.0 Å². The number of anilines is 1. The lowest BCUT2D eigenvalue weighted by molar-refractivity contribution is 0.0990. The highest BCUT2D eigenvalue weighted by molar-refractivity contribution is 7.88. The monoisotopic (exact) mass is 552 g/mol. The molecule has 0 saturated heterocycles. The van der Waals surface area contributed by atoms with E-state index in [4.69, 9.17) is 5.73 Å². The van der Waals surface area contributed by atoms with Crippen LogP contribution < -0.4 is 15.4 Å². The topological polar surface area (TPSA) is 125 Å². The summed E-state index contributed by atoms with van der Waals surface area (Å²) >= 11 is 0. The summed E-state index contributed by atoms with van der Waals surface area (Å²) < 4.78 is 25.7. The van der Waals surface area contributed by atoms with Crippen LogP contribution >= 0.6 is 0 Å². The number of carbonyl (C=O) groups excluding carboxylic acids is 2. The lowest BCUT2D eigenvalue weighted by Gasteiger charge is -2.21. The average Bonchev–Trinajstić information content (AvgIpc) is 3.44. The van der Waals surface area contributed by atoms with Crippen molar-refractivity contribution in [1.82, 2.24) is 9.71 Å². The van der Waals surface area contributed by atoms with E-state index >= 15 is 0 Å². The summed E-state index contributed by atoms with van der Waals surface area (Å²) in [6.45, 7) is 4.64. The van der Waals surface area contributed by atoms with E-state index in [0.717, 1.165) is 67.2 Å². The number of nitrogens with one attached hydrogen (secondary N) is 2. The Hall–Kier alpha value is -4.47. The molecular formula is C31H28N4O4S. The number of hydrogen-bond donors (Lipinski definition) is 3. The number of carbonyl (C=O) groups is 2. The van der Waals surface area contributed by atoms with Crippen LogP contribution in [-0.4, -0.2) is 31.5 Å². The van der Waals surface area contributed by atoms with Gasteiger partial charge in [-0.25, -0.2) is 13.1 Å². The summed E-state index contributed by atoms with van der Waals surface area (Å²) in [4.78, 5) is 30.9. The summed E-state index contributed by atoms with van der Waals surface area (Å²) in [5.74, 6) is -0.571. The molecule has 1 aliphatic rings. The van der Waals surface area contributed by atoms with E-state index in [1.807, 2.05) is 79.4 Å². The van der Waals surface area contributed by atoms with Crippen molar-refractivity contribution in [1.29, 1.82) is 0 Å². The molecule has 0 saturated carbocycles. The predicted molar refractivity (Wildman–Crippen MR) is 158 cm³/mol. The van der Waals surface area contributed by atoms with E-state index in [1.165, 1.54) is 0 Å². The Balaban J connectivity index is 1.50. The van der Waals surface area contributed by atoms with E-state index < -0.39 is 15.9 Å². The largest absolute Gasteiger partial charge is 0.366 e. The fraction of sp³-hybridized carbons (Fsp3) is 0.161. The van der Waals surface area contributed by atoms with E-state index in [2.05, 4.69) is 9.71 Å². The van der Waals surface area contributed by atoms with Gasteiger partial charge in [0.2, 0.25) is 10.0 Å². The third kappa shape index (κ3) is 4.33. The highest BCUT2D eigenvalue weighted by Crippen LogP contribution is 2.41. The van der Waals surface area contributed by atoms with Crippen LogP contribution in [0.3, 0.4) is 0 Å². The van der Waals surface area contributed by atoms with Crippen LogP contribution in [0.25, 0.3) is 32.9 Å². The number of H-pyrrole nitrogens is 1. The van der Waals surface area contributed by atoms with Gasteiger partial charge in [0.15, 0.2) is 0 Å².